The molecule has 17 heavy (non-hydrogen) atoms. The summed E-state index contributed by atoms with van der Waals surface area (Å²) in [7, 11) is 1.74. The molecule has 0 bridgehead atoms. The lowest BCUT2D eigenvalue weighted by molar-refractivity contribution is -0.136. The number of alkyl halides is 4. The van der Waals surface area contributed by atoms with Gasteiger partial charge in [0.15, 0.2) is 0 Å². The Morgan fingerprint density at radius 2 is 2.00 bits per heavy atom. The number of halogens is 4. The van der Waals surface area contributed by atoms with Crippen molar-refractivity contribution in [3.8, 4) is 0 Å². The molecular weight excluding hydrogens is 253 g/mol. The smallest absolute Gasteiger partial charge is 0.398 e. The Morgan fingerprint density at radius 1 is 1.41 bits per heavy atom. The Bertz CT molecular complexity index is 469. The third-order valence-electron chi connectivity index (χ3n) is 3.20. The Labute approximate surface area is 102 Å². The summed E-state index contributed by atoms with van der Waals surface area (Å²) in [6.07, 6.45) is -4.13. The summed E-state index contributed by atoms with van der Waals surface area (Å²) in [5.74, 6) is 0. The standard InChI is InChI=1S/C11H12ClF3N2/c1-10(12)5-6-8(17(10)2)4-3-7(9(6)16)11(13,14)15/h3-4H,5,16H2,1-2H3. The third kappa shape index (κ3) is 1.82. The van der Waals surface area contributed by atoms with Gasteiger partial charge in [0, 0.05) is 30.4 Å². The highest BCUT2D eigenvalue weighted by Gasteiger charge is 2.41. The molecule has 1 unspecified atom stereocenters. The summed E-state index contributed by atoms with van der Waals surface area (Å²) in [6.45, 7) is 1.75. The first kappa shape index (κ1) is 12.4. The van der Waals surface area contributed by atoms with Gasteiger partial charge in [0.05, 0.1) is 5.56 Å². The average Bonchev–Trinajstić information content (AvgIpc) is 2.39. The minimum Gasteiger partial charge on any atom is -0.398 e. The zero-order chi connectivity index (χ0) is 13.0. The predicted molar refractivity (Wildman–Crippen MR) is 62.2 cm³/mol. The van der Waals surface area contributed by atoms with Crippen molar-refractivity contribution in [3.63, 3.8) is 0 Å². The van der Waals surface area contributed by atoms with Crippen LogP contribution in [0.1, 0.15) is 18.1 Å². The highest BCUT2D eigenvalue weighted by Crippen LogP contribution is 2.46. The monoisotopic (exact) mass is 264 g/mol. The molecule has 0 aromatic heterocycles. The van der Waals surface area contributed by atoms with E-state index in [1.807, 2.05) is 0 Å². The summed E-state index contributed by atoms with van der Waals surface area (Å²) < 4.78 is 38.0. The molecule has 1 aromatic carbocycles. The van der Waals surface area contributed by atoms with E-state index in [4.69, 9.17) is 17.3 Å². The van der Waals surface area contributed by atoms with Gasteiger partial charge in [-0.1, -0.05) is 11.6 Å². The van der Waals surface area contributed by atoms with E-state index in [1.54, 1.807) is 18.9 Å². The number of nitrogens with two attached hydrogens (primary N) is 1. The van der Waals surface area contributed by atoms with E-state index in [9.17, 15) is 13.2 Å². The molecule has 0 fully saturated rings. The predicted octanol–water partition coefficient (Wildman–Crippen LogP) is 3.23. The Morgan fingerprint density at radius 3 is 2.53 bits per heavy atom. The third-order valence-corrected chi connectivity index (χ3v) is 3.59. The lowest BCUT2D eigenvalue weighted by Crippen LogP contribution is -2.35. The molecule has 1 heterocycles. The van der Waals surface area contributed by atoms with Crippen LogP contribution in [0, 0.1) is 0 Å². The molecule has 1 aliphatic rings. The van der Waals surface area contributed by atoms with Crippen molar-refractivity contribution in [2.75, 3.05) is 17.7 Å². The number of nitrogen functional groups attached to an aromatic ring is 1. The summed E-state index contributed by atoms with van der Waals surface area (Å²) >= 11 is 6.21. The largest absolute Gasteiger partial charge is 0.418 e. The van der Waals surface area contributed by atoms with Crippen LogP contribution in [0.3, 0.4) is 0 Å². The zero-order valence-corrected chi connectivity index (χ0v) is 10.2. The summed E-state index contributed by atoms with van der Waals surface area (Å²) in [6, 6.07) is 2.42. The van der Waals surface area contributed by atoms with Crippen molar-refractivity contribution in [1.29, 1.82) is 0 Å². The number of benzene rings is 1. The second-order valence-electron chi connectivity index (χ2n) is 4.40. The molecule has 2 nitrogen and oxygen atoms in total. The van der Waals surface area contributed by atoms with Crippen molar-refractivity contribution in [3.05, 3.63) is 23.3 Å². The zero-order valence-electron chi connectivity index (χ0n) is 9.40. The van der Waals surface area contributed by atoms with Gasteiger partial charge in [-0.3, -0.25) is 0 Å². The molecular formula is C11H12ClF3N2. The molecule has 2 rings (SSSR count). The number of fused-ring (bicyclic) bond motifs is 1. The fourth-order valence-electron chi connectivity index (χ4n) is 2.09. The molecule has 1 atom stereocenters. The van der Waals surface area contributed by atoms with Gasteiger partial charge in [0.2, 0.25) is 0 Å². The lowest BCUT2D eigenvalue weighted by atomic mass is 10.0. The molecule has 1 aliphatic heterocycles. The molecule has 0 spiro atoms. The maximum Gasteiger partial charge on any atom is 0.418 e. The van der Waals surface area contributed by atoms with Crippen LogP contribution in [-0.4, -0.2) is 12.0 Å². The van der Waals surface area contributed by atoms with E-state index in [-0.39, 0.29) is 5.69 Å². The lowest BCUT2D eigenvalue weighted by Gasteiger charge is -2.27. The quantitative estimate of drug-likeness (QED) is 0.443. The minimum atomic E-state index is -4.43. The fraction of sp³-hybridized carbons (Fsp3) is 0.455. The maximum atomic E-state index is 12.7. The molecule has 0 aliphatic carbocycles. The van der Waals surface area contributed by atoms with Crippen LogP contribution in [0.4, 0.5) is 24.5 Å². The van der Waals surface area contributed by atoms with Crippen molar-refractivity contribution >= 4 is 23.0 Å². The minimum absolute atomic E-state index is 0.216. The molecule has 6 heteroatoms. The van der Waals surface area contributed by atoms with Gasteiger partial charge in [0.1, 0.15) is 5.00 Å². The number of hydrogen-bond donors (Lipinski definition) is 1. The first-order chi connectivity index (χ1) is 7.64. The van der Waals surface area contributed by atoms with E-state index in [1.165, 1.54) is 6.07 Å². The van der Waals surface area contributed by atoms with Gasteiger partial charge in [-0.2, -0.15) is 13.2 Å². The Kier molecular flexibility index (Phi) is 2.51. The normalized spacial score (nSPS) is 24.0. The molecule has 0 saturated heterocycles. The highest BCUT2D eigenvalue weighted by atomic mass is 35.5. The second-order valence-corrected chi connectivity index (χ2v) is 5.21. The maximum absolute atomic E-state index is 12.7. The van der Waals surface area contributed by atoms with Crippen LogP contribution in [0.5, 0.6) is 0 Å². The van der Waals surface area contributed by atoms with Crippen LogP contribution >= 0.6 is 11.6 Å². The van der Waals surface area contributed by atoms with Gasteiger partial charge in [0.25, 0.3) is 0 Å². The number of likely N-dealkylation sites (N-methyl/N-ethyl adjacent to an activating group) is 1. The van der Waals surface area contributed by atoms with Gasteiger partial charge in [-0.15, -0.1) is 0 Å². The Hall–Kier alpha value is -1.10. The fourth-order valence-corrected chi connectivity index (χ4v) is 2.32. The molecule has 2 N–H and O–H groups in total. The van der Waals surface area contributed by atoms with Crippen LogP contribution in [0.2, 0.25) is 0 Å². The first-order valence-electron chi connectivity index (χ1n) is 5.06. The average molecular weight is 265 g/mol. The molecule has 0 amide bonds. The number of nitrogens with zero attached hydrogens (tertiary/aromatic N) is 1. The van der Waals surface area contributed by atoms with Gasteiger partial charge >= 0.3 is 6.18 Å². The van der Waals surface area contributed by atoms with E-state index in [2.05, 4.69) is 0 Å². The topological polar surface area (TPSA) is 29.3 Å². The highest BCUT2D eigenvalue weighted by molar-refractivity contribution is 6.26. The summed E-state index contributed by atoms with van der Waals surface area (Å²) in [5, 5.41) is 0. The van der Waals surface area contributed by atoms with Gasteiger partial charge < -0.3 is 10.6 Å². The van der Waals surface area contributed by atoms with E-state index in [0.717, 1.165) is 6.07 Å². The first-order valence-corrected chi connectivity index (χ1v) is 5.43. The number of hydrogen-bond acceptors (Lipinski definition) is 2. The molecule has 94 valence electrons. The number of rotatable bonds is 0. The summed E-state index contributed by atoms with van der Waals surface area (Å²) in [5.41, 5.74) is 5.72. The second kappa shape index (κ2) is 3.45. The van der Waals surface area contributed by atoms with Crippen molar-refractivity contribution in [1.82, 2.24) is 0 Å². The SMILES string of the molecule is CN1c2ccc(C(F)(F)F)c(N)c2CC1(C)Cl. The van der Waals surface area contributed by atoms with Crippen molar-refractivity contribution in [2.24, 2.45) is 0 Å². The van der Waals surface area contributed by atoms with Gasteiger partial charge in [-0.25, -0.2) is 0 Å². The van der Waals surface area contributed by atoms with Crippen molar-refractivity contribution in [2.45, 2.75) is 24.5 Å². The van der Waals surface area contributed by atoms with E-state index < -0.39 is 16.7 Å². The molecule has 0 saturated carbocycles. The Balaban J connectivity index is 2.58. The van der Waals surface area contributed by atoms with Crippen LogP contribution in [-0.2, 0) is 12.6 Å². The number of anilines is 2. The van der Waals surface area contributed by atoms with Crippen LogP contribution < -0.4 is 10.6 Å². The van der Waals surface area contributed by atoms with Gasteiger partial charge in [-0.05, 0) is 19.1 Å². The van der Waals surface area contributed by atoms with Crippen LogP contribution in [0.25, 0.3) is 0 Å². The summed E-state index contributed by atoms with van der Waals surface area (Å²) in [4.78, 5) is 1.01. The van der Waals surface area contributed by atoms with Crippen LogP contribution in [0.15, 0.2) is 12.1 Å². The van der Waals surface area contributed by atoms with E-state index in [0.29, 0.717) is 17.7 Å². The molecule has 1 aromatic rings. The van der Waals surface area contributed by atoms with E-state index >= 15 is 0 Å². The van der Waals surface area contributed by atoms with Crippen molar-refractivity contribution < 1.29 is 13.2 Å². The molecule has 0 radical (unpaired) electrons.